The Labute approximate surface area is 236 Å². The number of hydrogen-bond donors (Lipinski definition) is 3. The van der Waals surface area contributed by atoms with Gasteiger partial charge in [0.25, 0.3) is 0 Å². The minimum absolute atomic E-state index is 0.117. The number of hydrazone groups is 1. The Morgan fingerprint density at radius 1 is 0.902 bits per heavy atom. The lowest BCUT2D eigenvalue weighted by Crippen LogP contribution is -2.40. The van der Waals surface area contributed by atoms with Gasteiger partial charge < -0.3 is 39.2 Å². The van der Waals surface area contributed by atoms with Crippen LogP contribution in [0, 0.1) is 0 Å². The highest BCUT2D eigenvalue weighted by atomic mass is 16.5. The van der Waals surface area contributed by atoms with Gasteiger partial charge in [-0.25, -0.2) is 10.2 Å². The van der Waals surface area contributed by atoms with Crippen LogP contribution in [-0.4, -0.2) is 99.1 Å². The van der Waals surface area contributed by atoms with Crippen molar-refractivity contribution in [2.45, 2.75) is 0 Å². The number of benzene rings is 2. The van der Waals surface area contributed by atoms with E-state index in [1.807, 2.05) is 12.1 Å². The maximum absolute atomic E-state index is 12.4. The highest BCUT2D eigenvalue weighted by Crippen LogP contribution is 2.36. The predicted octanol–water partition coefficient (Wildman–Crippen LogP) is 2.09. The molecule has 0 radical (unpaired) electrons. The number of hydrogen-bond acceptors (Lipinski definition) is 12. The summed E-state index contributed by atoms with van der Waals surface area (Å²) in [5.74, 6) is 2.10. The molecule has 0 aliphatic carbocycles. The van der Waals surface area contributed by atoms with Crippen LogP contribution in [0.3, 0.4) is 0 Å². The summed E-state index contributed by atoms with van der Waals surface area (Å²) < 4.78 is 21.2. The summed E-state index contributed by atoms with van der Waals surface area (Å²) in [5, 5.41) is 16.7. The van der Waals surface area contributed by atoms with E-state index in [0.717, 1.165) is 5.56 Å². The first-order valence-electron chi connectivity index (χ1n) is 13.1. The van der Waals surface area contributed by atoms with Crippen LogP contribution in [-0.2, 0) is 9.47 Å². The second kappa shape index (κ2) is 13.1. The zero-order chi connectivity index (χ0) is 28.6. The molecule has 2 saturated heterocycles. The lowest BCUT2D eigenvalue weighted by atomic mass is 10.2. The predicted molar refractivity (Wildman–Crippen MR) is 152 cm³/mol. The second-order valence-electron chi connectivity index (χ2n) is 9.13. The van der Waals surface area contributed by atoms with Crippen LogP contribution in [0.15, 0.2) is 41.5 Å². The van der Waals surface area contributed by atoms with Gasteiger partial charge >= 0.3 is 6.03 Å². The zero-order valence-corrected chi connectivity index (χ0v) is 22.9. The van der Waals surface area contributed by atoms with Crippen molar-refractivity contribution in [1.82, 2.24) is 20.4 Å². The van der Waals surface area contributed by atoms with E-state index in [2.05, 4.69) is 25.6 Å². The Hall–Kier alpha value is -4.69. The number of amides is 2. The fourth-order valence-corrected chi connectivity index (χ4v) is 4.31. The van der Waals surface area contributed by atoms with Crippen molar-refractivity contribution in [2.24, 2.45) is 5.10 Å². The van der Waals surface area contributed by atoms with Gasteiger partial charge in [0.05, 0.1) is 46.9 Å². The number of rotatable bonds is 8. The van der Waals surface area contributed by atoms with Gasteiger partial charge in [-0.1, -0.05) is 0 Å². The van der Waals surface area contributed by atoms with E-state index in [1.54, 1.807) is 24.3 Å². The number of methoxy groups -OCH3 is 2. The van der Waals surface area contributed by atoms with Crippen LogP contribution >= 0.6 is 0 Å². The van der Waals surface area contributed by atoms with E-state index < -0.39 is 6.03 Å². The number of phenols is 1. The molecule has 14 nitrogen and oxygen atoms in total. The minimum atomic E-state index is -0.531. The summed E-state index contributed by atoms with van der Waals surface area (Å²) in [6.07, 6.45) is 1.41. The second-order valence-corrected chi connectivity index (χ2v) is 9.13. The normalized spacial score (nSPS) is 15.6. The fourth-order valence-electron chi connectivity index (χ4n) is 4.31. The lowest BCUT2D eigenvalue weighted by Gasteiger charge is -2.30. The number of nitrogens with zero attached hydrogens (tertiary/aromatic N) is 6. The smallest absolute Gasteiger partial charge is 0.339 e. The van der Waals surface area contributed by atoms with Crippen molar-refractivity contribution in [1.29, 1.82) is 0 Å². The summed E-state index contributed by atoms with van der Waals surface area (Å²) in [7, 11) is 2.86. The molecular weight excluding hydrogens is 532 g/mol. The molecule has 2 fully saturated rings. The van der Waals surface area contributed by atoms with Gasteiger partial charge in [0.2, 0.25) is 17.6 Å². The summed E-state index contributed by atoms with van der Waals surface area (Å²) in [4.78, 5) is 30.9. The molecule has 1 aromatic heterocycles. The fraction of sp³-hybridized carbons (Fsp3) is 0.370. The van der Waals surface area contributed by atoms with E-state index in [-0.39, 0.29) is 17.2 Å². The third-order valence-electron chi connectivity index (χ3n) is 6.48. The molecule has 0 bridgehead atoms. The Morgan fingerprint density at radius 3 is 1.95 bits per heavy atom. The molecule has 14 heteroatoms. The van der Waals surface area contributed by atoms with E-state index in [1.165, 1.54) is 20.4 Å². The van der Waals surface area contributed by atoms with Crippen LogP contribution < -0.4 is 30.0 Å². The maximum atomic E-state index is 12.4. The molecule has 2 aliphatic rings. The van der Waals surface area contributed by atoms with Crippen molar-refractivity contribution >= 4 is 29.8 Å². The summed E-state index contributed by atoms with van der Waals surface area (Å²) in [6, 6.07) is 9.81. The molecule has 2 aromatic carbocycles. The van der Waals surface area contributed by atoms with Crippen LogP contribution in [0.5, 0.6) is 17.2 Å². The molecule has 3 N–H and O–H groups in total. The average Bonchev–Trinajstić information content (AvgIpc) is 3.02. The number of anilines is 3. The van der Waals surface area contributed by atoms with Crippen LogP contribution in [0.25, 0.3) is 11.4 Å². The molecule has 216 valence electrons. The maximum Gasteiger partial charge on any atom is 0.339 e. The van der Waals surface area contributed by atoms with Crippen molar-refractivity contribution in [3.8, 4) is 28.6 Å². The molecule has 2 amide bonds. The molecule has 0 saturated carbocycles. The third kappa shape index (κ3) is 6.91. The number of aromatic hydroxyl groups is 1. The van der Waals surface area contributed by atoms with Gasteiger partial charge in [0, 0.05) is 43.0 Å². The monoisotopic (exact) mass is 564 g/mol. The molecule has 0 unspecified atom stereocenters. The standard InChI is InChI=1S/C27H32N8O6/c1-38-21-15-18(16-22(39-2)23(21)36)17-28-33-27(37)29-20-5-3-19(4-6-20)24-30-25(34-7-11-40-12-8-34)32-26(31-24)35-9-13-41-14-10-35/h3-6,15-17,36H,7-14H2,1-2H3,(H2,29,33,37)/b28-17+. The number of morpholine rings is 2. The minimum Gasteiger partial charge on any atom is -0.502 e. The molecule has 3 aromatic rings. The first kappa shape index (κ1) is 27.9. The first-order chi connectivity index (χ1) is 20.0. The molecule has 41 heavy (non-hydrogen) atoms. The number of phenolic OH excluding ortho intramolecular Hbond substituents is 1. The Morgan fingerprint density at radius 2 is 1.44 bits per heavy atom. The average molecular weight is 565 g/mol. The SMILES string of the molecule is COc1cc(/C=N/NC(=O)Nc2ccc(-c3nc(N4CCOCC4)nc(N4CCOCC4)n3)cc2)cc(OC)c1O. The van der Waals surface area contributed by atoms with Crippen molar-refractivity contribution in [3.05, 3.63) is 42.0 Å². The van der Waals surface area contributed by atoms with Gasteiger partial charge in [0.1, 0.15) is 0 Å². The Balaban J connectivity index is 1.26. The van der Waals surface area contributed by atoms with Gasteiger partial charge in [-0.05, 0) is 36.4 Å². The van der Waals surface area contributed by atoms with Crippen LogP contribution in [0.2, 0.25) is 0 Å². The lowest BCUT2D eigenvalue weighted by molar-refractivity contribution is 0.121. The van der Waals surface area contributed by atoms with Crippen LogP contribution in [0.1, 0.15) is 5.56 Å². The van der Waals surface area contributed by atoms with Crippen molar-refractivity contribution < 1.29 is 28.8 Å². The molecule has 0 spiro atoms. The highest BCUT2D eigenvalue weighted by Gasteiger charge is 2.21. The van der Waals surface area contributed by atoms with Gasteiger partial charge in [0.15, 0.2) is 17.3 Å². The van der Waals surface area contributed by atoms with E-state index >= 15 is 0 Å². The Bertz CT molecular complexity index is 1310. The number of carbonyl (C=O) groups is 1. The zero-order valence-electron chi connectivity index (χ0n) is 22.9. The number of urea groups is 1. The van der Waals surface area contributed by atoms with Gasteiger partial charge in [-0.3, -0.25) is 0 Å². The van der Waals surface area contributed by atoms with E-state index in [9.17, 15) is 9.90 Å². The number of aromatic nitrogens is 3. The summed E-state index contributed by atoms with van der Waals surface area (Å²) in [6.45, 7) is 5.33. The topological polar surface area (TPSA) is 156 Å². The van der Waals surface area contributed by atoms with Crippen molar-refractivity contribution in [3.63, 3.8) is 0 Å². The summed E-state index contributed by atoms with van der Waals surface area (Å²) >= 11 is 0. The van der Waals surface area contributed by atoms with Crippen LogP contribution in [0.4, 0.5) is 22.4 Å². The van der Waals surface area contributed by atoms with E-state index in [4.69, 9.17) is 33.9 Å². The Kier molecular flexibility index (Phi) is 8.91. The highest BCUT2D eigenvalue weighted by molar-refractivity contribution is 5.91. The first-order valence-corrected chi connectivity index (χ1v) is 13.1. The number of ether oxygens (including phenoxy) is 4. The third-order valence-corrected chi connectivity index (χ3v) is 6.48. The van der Waals surface area contributed by atoms with Gasteiger partial charge in [-0.2, -0.15) is 20.1 Å². The van der Waals surface area contributed by atoms with Crippen molar-refractivity contribution in [2.75, 3.05) is 81.9 Å². The van der Waals surface area contributed by atoms with Gasteiger partial charge in [-0.15, -0.1) is 0 Å². The molecular formula is C27H32N8O6. The quantitative estimate of drug-likeness (QED) is 0.272. The largest absolute Gasteiger partial charge is 0.502 e. The summed E-state index contributed by atoms with van der Waals surface area (Å²) in [5.41, 5.74) is 4.32. The number of nitrogens with one attached hydrogen (secondary N) is 2. The van der Waals surface area contributed by atoms with E-state index in [0.29, 0.717) is 81.6 Å². The molecule has 2 aliphatic heterocycles. The number of carbonyl (C=O) groups excluding carboxylic acids is 1. The molecule has 3 heterocycles. The molecule has 5 rings (SSSR count). The molecule has 0 atom stereocenters.